The van der Waals surface area contributed by atoms with Gasteiger partial charge in [0.05, 0.1) is 0 Å². The first-order valence-corrected chi connectivity index (χ1v) is 11.7. The van der Waals surface area contributed by atoms with Crippen molar-refractivity contribution in [3.05, 3.63) is 40.4 Å². The van der Waals surface area contributed by atoms with Gasteiger partial charge in [-0.3, -0.25) is 0 Å². The third kappa shape index (κ3) is 4.75. The standard InChI is InChI=1S/C20H27ClN4O3S/c1-4-14(2)22-20(26)25-11-5-10-24(12-13-25)19-15(3)18(29(27,28)23-19)16-6-8-17(21)9-7-16/h6-9,14H,4-5,10-13H2,1-3H3,(H,22,26)/t14-/m1/s1. The van der Waals surface area contributed by atoms with Gasteiger partial charge < -0.3 is 15.1 Å². The lowest BCUT2D eigenvalue weighted by atomic mass is 10.1. The van der Waals surface area contributed by atoms with Gasteiger partial charge in [0.15, 0.2) is 0 Å². The molecule has 1 saturated heterocycles. The van der Waals surface area contributed by atoms with Crippen LogP contribution < -0.4 is 5.32 Å². The zero-order valence-corrected chi connectivity index (χ0v) is 18.6. The van der Waals surface area contributed by atoms with Crippen molar-refractivity contribution < 1.29 is 13.2 Å². The van der Waals surface area contributed by atoms with Crippen LogP contribution in [-0.2, 0) is 10.0 Å². The number of hydrogen-bond donors (Lipinski definition) is 1. The van der Waals surface area contributed by atoms with Gasteiger partial charge in [-0.15, -0.1) is 4.40 Å². The summed E-state index contributed by atoms with van der Waals surface area (Å²) in [5.41, 5.74) is 1.21. The molecule has 0 spiro atoms. The molecule has 3 rings (SSSR count). The Bertz CT molecular complexity index is 941. The van der Waals surface area contributed by atoms with Crippen molar-refractivity contribution in [1.82, 2.24) is 15.1 Å². The summed E-state index contributed by atoms with van der Waals surface area (Å²) in [6, 6.07) is 6.78. The third-order valence-electron chi connectivity index (χ3n) is 5.31. The minimum atomic E-state index is -3.77. The second kappa shape index (κ2) is 8.75. The van der Waals surface area contributed by atoms with E-state index in [0.29, 0.717) is 48.2 Å². The number of halogens is 1. The van der Waals surface area contributed by atoms with Crippen LogP contribution in [0.5, 0.6) is 0 Å². The van der Waals surface area contributed by atoms with Crippen LogP contribution in [0.3, 0.4) is 0 Å². The number of rotatable bonds is 3. The zero-order valence-electron chi connectivity index (χ0n) is 17.0. The maximum Gasteiger partial charge on any atom is 0.317 e. The molecule has 1 fully saturated rings. The van der Waals surface area contributed by atoms with Crippen LogP contribution >= 0.6 is 11.6 Å². The van der Waals surface area contributed by atoms with Gasteiger partial charge in [0.1, 0.15) is 10.7 Å². The SMILES string of the molecule is CC[C@@H](C)NC(=O)N1CCCN(C2=NS(=O)(=O)C(c3ccc(Cl)cc3)=C2C)CC1. The quantitative estimate of drug-likeness (QED) is 0.784. The fourth-order valence-electron chi connectivity index (χ4n) is 3.52. The number of benzene rings is 1. The van der Waals surface area contributed by atoms with Crippen LogP contribution in [-0.4, -0.2) is 62.3 Å². The van der Waals surface area contributed by atoms with Gasteiger partial charge in [0.25, 0.3) is 10.0 Å². The Morgan fingerprint density at radius 3 is 2.55 bits per heavy atom. The van der Waals surface area contributed by atoms with E-state index in [9.17, 15) is 13.2 Å². The van der Waals surface area contributed by atoms with Gasteiger partial charge >= 0.3 is 6.03 Å². The molecule has 0 saturated carbocycles. The Morgan fingerprint density at radius 2 is 1.90 bits per heavy atom. The average Bonchev–Trinajstić information content (AvgIpc) is 2.83. The van der Waals surface area contributed by atoms with E-state index < -0.39 is 10.0 Å². The molecule has 9 heteroatoms. The monoisotopic (exact) mass is 438 g/mol. The minimum absolute atomic E-state index is 0.0729. The zero-order chi connectivity index (χ0) is 21.2. The molecule has 0 aliphatic carbocycles. The van der Waals surface area contributed by atoms with Crippen LogP contribution in [0, 0.1) is 0 Å². The number of carbonyl (C=O) groups is 1. The second-order valence-electron chi connectivity index (χ2n) is 7.44. The molecule has 0 unspecified atom stereocenters. The largest absolute Gasteiger partial charge is 0.354 e. The Balaban J connectivity index is 1.78. The summed E-state index contributed by atoms with van der Waals surface area (Å²) < 4.78 is 29.6. The lowest BCUT2D eigenvalue weighted by molar-refractivity contribution is 0.196. The molecule has 7 nitrogen and oxygen atoms in total. The lowest BCUT2D eigenvalue weighted by Crippen LogP contribution is -2.45. The molecule has 2 heterocycles. The highest BCUT2D eigenvalue weighted by Gasteiger charge is 2.34. The fraction of sp³-hybridized carbons (Fsp3) is 0.500. The van der Waals surface area contributed by atoms with Gasteiger partial charge in [-0.2, -0.15) is 8.42 Å². The van der Waals surface area contributed by atoms with Gasteiger partial charge in [0, 0.05) is 42.8 Å². The highest BCUT2D eigenvalue weighted by Crippen LogP contribution is 2.34. The number of sulfonamides is 1. The van der Waals surface area contributed by atoms with Crippen LogP contribution in [0.15, 0.2) is 34.2 Å². The predicted octanol–water partition coefficient (Wildman–Crippen LogP) is 3.33. The molecular weight excluding hydrogens is 412 g/mol. The molecular formula is C20H27ClN4O3S. The molecule has 1 aromatic carbocycles. The molecule has 0 radical (unpaired) electrons. The van der Waals surface area contributed by atoms with Crippen LogP contribution in [0.25, 0.3) is 4.91 Å². The first-order valence-electron chi connectivity index (χ1n) is 9.85. The second-order valence-corrected chi connectivity index (χ2v) is 9.41. The third-order valence-corrected chi connectivity index (χ3v) is 7.03. The van der Waals surface area contributed by atoms with Crippen molar-refractivity contribution in [2.24, 2.45) is 4.40 Å². The van der Waals surface area contributed by atoms with Crippen LogP contribution in [0.4, 0.5) is 4.79 Å². The molecule has 1 aromatic rings. The molecule has 1 atom stereocenters. The minimum Gasteiger partial charge on any atom is -0.354 e. The Labute approximate surface area is 177 Å². The topological polar surface area (TPSA) is 82.1 Å². The van der Waals surface area contributed by atoms with Crippen LogP contribution in [0.2, 0.25) is 5.02 Å². The van der Waals surface area contributed by atoms with Gasteiger partial charge in [0.2, 0.25) is 0 Å². The summed E-state index contributed by atoms with van der Waals surface area (Å²) in [5, 5.41) is 3.54. The van der Waals surface area contributed by atoms with Gasteiger partial charge in [-0.05, 0) is 44.4 Å². The normalized spacial score (nSPS) is 20.3. The number of carbonyl (C=O) groups excluding carboxylic acids is 1. The molecule has 158 valence electrons. The molecule has 1 N–H and O–H groups in total. The number of urea groups is 1. The summed E-state index contributed by atoms with van der Waals surface area (Å²) >= 11 is 5.93. The molecule has 2 aliphatic rings. The van der Waals surface area contributed by atoms with E-state index in [-0.39, 0.29) is 17.0 Å². The van der Waals surface area contributed by atoms with E-state index >= 15 is 0 Å². The number of nitrogens with zero attached hydrogens (tertiary/aromatic N) is 3. The van der Waals surface area contributed by atoms with E-state index in [1.165, 1.54) is 0 Å². The Morgan fingerprint density at radius 1 is 1.21 bits per heavy atom. The van der Waals surface area contributed by atoms with E-state index in [0.717, 1.165) is 12.8 Å². The summed E-state index contributed by atoms with van der Waals surface area (Å²) in [4.78, 5) is 16.4. The fourth-order valence-corrected chi connectivity index (χ4v) is 5.13. The van der Waals surface area contributed by atoms with Gasteiger partial charge in [-0.25, -0.2) is 4.79 Å². The van der Waals surface area contributed by atoms with E-state index in [2.05, 4.69) is 9.71 Å². The lowest BCUT2D eigenvalue weighted by Gasteiger charge is -2.25. The molecule has 29 heavy (non-hydrogen) atoms. The van der Waals surface area contributed by atoms with Crippen molar-refractivity contribution >= 4 is 38.4 Å². The first-order chi connectivity index (χ1) is 13.7. The van der Waals surface area contributed by atoms with Crippen molar-refractivity contribution in [3.63, 3.8) is 0 Å². The smallest absolute Gasteiger partial charge is 0.317 e. The first kappa shape index (κ1) is 21.6. The van der Waals surface area contributed by atoms with Gasteiger partial charge in [-0.1, -0.05) is 30.7 Å². The van der Waals surface area contributed by atoms with Crippen LogP contribution in [0.1, 0.15) is 39.2 Å². The summed E-state index contributed by atoms with van der Waals surface area (Å²) in [6.45, 7) is 8.12. The summed E-state index contributed by atoms with van der Waals surface area (Å²) in [7, 11) is -3.77. The molecule has 2 amide bonds. The molecule has 0 bridgehead atoms. The van der Waals surface area contributed by atoms with E-state index in [4.69, 9.17) is 11.6 Å². The Hall–Kier alpha value is -2.06. The summed E-state index contributed by atoms with van der Waals surface area (Å²) in [6.07, 6.45) is 1.62. The number of amides is 2. The Kier molecular flexibility index (Phi) is 6.53. The highest BCUT2D eigenvalue weighted by molar-refractivity contribution is 8.00. The number of nitrogens with one attached hydrogen (secondary N) is 1. The summed E-state index contributed by atoms with van der Waals surface area (Å²) in [5.74, 6) is 0.471. The van der Waals surface area contributed by atoms with Crippen molar-refractivity contribution in [2.75, 3.05) is 26.2 Å². The number of amidine groups is 1. The highest BCUT2D eigenvalue weighted by atomic mass is 35.5. The molecule has 2 aliphatic heterocycles. The predicted molar refractivity (Wildman–Crippen MR) is 116 cm³/mol. The van der Waals surface area contributed by atoms with Crippen molar-refractivity contribution in [2.45, 2.75) is 39.7 Å². The average molecular weight is 439 g/mol. The van der Waals surface area contributed by atoms with E-state index in [1.807, 2.05) is 18.7 Å². The maximum absolute atomic E-state index is 12.7. The van der Waals surface area contributed by atoms with E-state index in [1.54, 1.807) is 36.1 Å². The van der Waals surface area contributed by atoms with Crippen molar-refractivity contribution in [3.8, 4) is 0 Å². The molecule has 0 aromatic heterocycles. The number of hydrogen-bond acceptors (Lipinski definition) is 4. The van der Waals surface area contributed by atoms with Crippen molar-refractivity contribution in [1.29, 1.82) is 0 Å². The maximum atomic E-state index is 12.7.